The van der Waals surface area contributed by atoms with Crippen LogP contribution in [0.15, 0.2) is 11.4 Å². The number of anilines is 1. The molecule has 0 aliphatic heterocycles. The number of phenols is 1. The Morgan fingerprint density at radius 1 is 1.06 bits per heavy atom. The minimum absolute atomic E-state index is 0.0615. The van der Waals surface area contributed by atoms with E-state index in [1.807, 2.05) is 20.8 Å². The molecule has 5 nitrogen and oxygen atoms in total. The molecule has 1 saturated carbocycles. The predicted molar refractivity (Wildman–Crippen MR) is 140 cm³/mol. The fraction of sp³-hybridized carbons (Fsp3) is 0.593. The van der Waals surface area contributed by atoms with Crippen LogP contribution in [-0.4, -0.2) is 48.6 Å². The number of amides is 1. The van der Waals surface area contributed by atoms with Gasteiger partial charge in [0.25, 0.3) is 5.91 Å². The van der Waals surface area contributed by atoms with Crippen LogP contribution in [0.3, 0.4) is 0 Å². The van der Waals surface area contributed by atoms with Crippen LogP contribution in [-0.2, 0) is 13.0 Å². The lowest BCUT2D eigenvalue weighted by atomic mass is 9.89. The van der Waals surface area contributed by atoms with Gasteiger partial charge in [0, 0.05) is 36.1 Å². The van der Waals surface area contributed by atoms with E-state index in [4.69, 9.17) is 0 Å². The van der Waals surface area contributed by atoms with E-state index in [2.05, 4.69) is 54.5 Å². The highest BCUT2D eigenvalue weighted by molar-refractivity contribution is 7.12. The topological polar surface area (TPSA) is 55.8 Å². The zero-order valence-electron chi connectivity index (χ0n) is 21.4. The van der Waals surface area contributed by atoms with Gasteiger partial charge in [0.2, 0.25) is 0 Å². The molecule has 1 aliphatic carbocycles. The average Bonchev–Trinajstić information content (AvgIpc) is 3.15. The van der Waals surface area contributed by atoms with Crippen molar-refractivity contribution in [3.63, 3.8) is 0 Å². The first-order valence-electron chi connectivity index (χ1n) is 12.3. The van der Waals surface area contributed by atoms with Crippen molar-refractivity contribution in [3.05, 3.63) is 44.1 Å². The van der Waals surface area contributed by atoms with Crippen LogP contribution in [0.2, 0.25) is 0 Å². The summed E-state index contributed by atoms with van der Waals surface area (Å²) in [6.07, 6.45) is 5.61. The van der Waals surface area contributed by atoms with Gasteiger partial charge in [0.15, 0.2) is 0 Å². The Hall–Kier alpha value is -2.05. The van der Waals surface area contributed by atoms with Gasteiger partial charge in [-0.3, -0.25) is 4.79 Å². The molecule has 1 fully saturated rings. The molecular formula is C27H41N3O2S. The monoisotopic (exact) mass is 471 g/mol. The first kappa shape index (κ1) is 25.6. The number of aryl methyl sites for hydroxylation is 2. The van der Waals surface area contributed by atoms with E-state index in [9.17, 15) is 9.90 Å². The molecular weight excluding hydrogens is 430 g/mol. The molecule has 0 saturated heterocycles. The van der Waals surface area contributed by atoms with Gasteiger partial charge in [0.1, 0.15) is 5.75 Å². The molecule has 3 rings (SSSR count). The third-order valence-corrected chi connectivity index (χ3v) is 8.51. The SMILES string of the molecule is CCc1c(C)cc(C)c(CNC(=O)c2scc(N(CC)C3CCC(N(C)C)CC3)c2C)c1O. The molecule has 1 aliphatic rings. The van der Waals surface area contributed by atoms with Crippen LogP contribution in [0, 0.1) is 20.8 Å². The lowest BCUT2D eigenvalue weighted by Gasteiger charge is -2.39. The van der Waals surface area contributed by atoms with Gasteiger partial charge in [-0.25, -0.2) is 0 Å². The Bertz CT molecular complexity index is 974. The van der Waals surface area contributed by atoms with E-state index in [1.165, 1.54) is 42.7 Å². The highest BCUT2D eigenvalue weighted by atomic mass is 32.1. The quantitative estimate of drug-likeness (QED) is 0.528. The number of thiophene rings is 1. The Labute approximate surface area is 203 Å². The minimum atomic E-state index is -0.0615. The van der Waals surface area contributed by atoms with E-state index >= 15 is 0 Å². The number of rotatable bonds is 8. The maximum Gasteiger partial charge on any atom is 0.261 e. The number of hydrogen-bond donors (Lipinski definition) is 2. The highest BCUT2D eigenvalue weighted by Crippen LogP contribution is 2.35. The van der Waals surface area contributed by atoms with E-state index < -0.39 is 0 Å². The average molecular weight is 472 g/mol. The second kappa shape index (κ2) is 10.9. The molecule has 1 aromatic heterocycles. The van der Waals surface area contributed by atoms with Crippen molar-refractivity contribution in [3.8, 4) is 5.75 Å². The molecule has 6 heteroatoms. The van der Waals surface area contributed by atoms with Crippen molar-refractivity contribution in [1.29, 1.82) is 0 Å². The predicted octanol–water partition coefficient (Wildman–Crippen LogP) is 5.57. The zero-order valence-corrected chi connectivity index (χ0v) is 22.2. The smallest absolute Gasteiger partial charge is 0.261 e. The number of hydrogen-bond acceptors (Lipinski definition) is 5. The fourth-order valence-corrected chi connectivity index (χ4v) is 6.40. The summed E-state index contributed by atoms with van der Waals surface area (Å²) in [5.41, 5.74) is 6.14. The van der Waals surface area contributed by atoms with Crippen molar-refractivity contribution in [1.82, 2.24) is 10.2 Å². The molecule has 0 radical (unpaired) electrons. The van der Waals surface area contributed by atoms with Crippen molar-refractivity contribution in [2.75, 3.05) is 25.5 Å². The van der Waals surface area contributed by atoms with Gasteiger partial charge in [-0.05, 0) is 96.1 Å². The molecule has 33 heavy (non-hydrogen) atoms. The summed E-state index contributed by atoms with van der Waals surface area (Å²) in [5, 5.41) is 15.9. The van der Waals surface area contributed by atoms with Crippen molar-refractivity contribution in [2.45, 2.75) is 85.4 Å². The van der Waals surface area contributed by atoms with E-state index in [0.29, 0.717) is 24.4 Å². The summed E-state index contributed by atoms with van der Waals surface area (Å²) >= 11 is 1.53. The molecule has 1 heterocycles. The lowest BCUT2D eigenvalue weighted by molar-refractivity contribution is 0.0954. The number of phenolic OH excluding ortho intramolecular Hbond substituents is 1. The lowest BCUT2D eigenvalue weighted by Crippen LogP contribution is -2.42. The Morgan fingerprint density at radius 3 is 2.24 bits per heavy atom. The van der Waals surface area contributed by atoms with Crippen molar-refractivity contribution >= 4 is 22.9 Å². The molecule has 1 aromatic carbocycles. The zero-order chi connectivity index (χ0) is 24.3. The normalized spacial score (nSPS) is 18.5. The van der Waals surface area contributed by atoms with E-state index in [0.717, 1.165) is 45.7 Å². The maximum atomic E-state index is 13.1. The molecule has 2 N–H and O–H groups in total. The summed E-state index contributed by atoms with van der Waals surface area (Å²) in [4.78, 5) is 18.7. The van der Waals surface area contributed by atoms with Gasteiger partial charge >= 0.3 is 0 Å². The molecule has 2 aromatic rings. The summed E-state index contributed by atoms with van der Waals surface area (Å²) in [7, 11) is 4.36. The van der Waals surface area contributed by atoms with Gasteiger partial charge < -0.3 is 20.2 Å². The fourth-order valence-electron chi connectivity index (χ4n) is 5.40. The van der Waals surface area contributed by atoms with Crippen molar-refractivity contribution < 1.29 is 9.90 Å². The first-order valence-corrected chi connectivity index (χ1v) is 13.2. The number of carbonyl (C=O) groups is 1. The van der Waals surface area contributed by atoms with Crippen LogP contribution < -0.4 is 10.2 Å². The van der Waals surface area contributed by atoms with Crippen LogP contribution in [0.4, 0.5) is 5.69 Å². The van der Waals surface area contributed by atoms with Crippen molar-refractivity contribution in [2.24, 2.45) is 0 Å². The van der Waals surface area contributed by atoms with Gasteiger partial charge in [-0.15, -0.1) is 11.3 Å². The number of aromatic hydroxyl groups is 1. The number of benzene rings is 1. The van der Waals surface area contributed by atoms with E-state index in [1.54, 1.807) is 0 Å². The molecule has 182 valence electrons. The third kappa shape index (κ3) is 5.38. The van der Waals surface area contributed by atoms with Gasteiger partial charge in [-0.2, -0.15) is 0 Å². The minimum Gasteiger partial charge on any atom is -0.507 e. The van der Waals surface area contributed by atoms with Crippen LogP contribution in [0.25, 0.3) is 0 Å². The number of nitrogens with one attached hydrogen (secondary N) is 1. The summed E-state index contributed by atoms with van der Waals surface area (Å²) in [5.74, 6) is 0.262. The first-order chi connectivity index (χ1) is 15.7. The summed E-state index contributed by atoms with van der Waals surface area (Å²) < 4.78 is 0. The molecule has 1 amide bonds. The number of carbonyl (C=O) groups excluding carboxylic acids is 1. The summed E-state index contributed by atoms with van der Waals surface area (Å²) in [6, 6.07) is 3.31. The molecule has 0 bridgehead atoms. The van der Waals surface area contributed by atoms with Gasteiger partial charge in [-0.1, -0.05) is 13.0 Å². The Kier molecular flexibility index (Phi) is 8.46. The largest absolute Gasteiger partial charge is 0.507 e. The number of nitrogens with zero attached hydrogens (tertiary/aromatic N) is 2. The maximum absolute atomic E-state index is 13.1. The van der Waals surface area contributed by atoms with Crippen LogP contribution in [0.1, 0.15) is 77.0 Å². The Balaban J connectivity index is 1.72. The second-order valence-corrected chi connectivity index (χ2v) is 10.5. The van der Waals surface area contributed by atoms with E-state index in [-0.39, 0.29) is 5.91 Å². The standard InChI is InChI=1S/C27H41N3O2S/c1-8-22-17(3)14-18(4)23(25(22)31)15-28-27(32)26-19(5)24(16-33-26)30(9-2)21-12-10-20(11-13-21)29(6)7/h14,16,20-21,31H,8-13,15H2,1-7H3,(H,28,32). The molecule has 0 atom stereocenters. The van der Waals surface area contributed by atoms with Gasteiger partial charge in [0.05, 0.1) is 10.6 Å². The highest BCUT2D eigenvalue weighted by Gasteiger charge is 2.28. The second-order valence-electron chi connectivity index (χ2n) is 9.64. The molecule has 0 spiro atoms. The Morgan fingerprint density at radius 2 is 1.67 bits per heavy atom. The third-order valence-electron chi connectivity index (χ3n) is 7.44. The van der Waals surface area contributed by atoms with Crippen LogP contribution >= 0.6 is 11.3 Å². The summed E-state index contributed by atoms with van der Waals surface area (Å²) in [6.45, 7) is 11.6. The van der Waals surface area contributed by atoms with Crippen LogP contribution in [0.5, 0.6) is 5.75 Å². The molecule has 0 unspecified atom stereocenters.